The summed E-state index contributed by atoms with van der Waals surface area (Å²) in [5, 5.41) is 3.94. The lowest BCUT2D eigenvalue weighted by Crippen LogP contribution is -2.29. The molecule has 0 spiro atoms. The Bertz CT molecular complexity index is 265. The first kappa shape index (κ1) is 16.3. The normalized spacial score (nSPS) is 16.0. The van der Waals surface area contributed by atoms with Crippen molar-refractivity contribution in [2.24, 2.45) is 0 Å². The first-order valence-corrected chi connectivity index (χ1v) is 8.96. The van der Waals surface area contributed by atoms with E-state index in [1.165, 1.54) is 12.7 Å². The van der Waals surface area contributed by atoms with Gasteiger partial charge < -0.3 is 5.32 Å². The minimum atomic E-state index is -2.80. The van der Waals surface area contributed by atoms with Gasteiger partial charge in [0.1, 0.15) is 9.84 Å². The lowest BCUT2D eigenvalue weighted by atomic mass is 10.2. The second-order valence-electron chi connectivity index (χ2n) is 4.31. The maximum atomic E-state index is 11.0. The van der Waals surface area contributed by atoms with Crippen LogP contribution in [0.15, 0.2) is 0 Å². The predicted molar refractivity (Wildman–Crippen MR) is 74.0 cm³/mol. The van der Waals surface area contributed by atoms with Crippen molar-refractivity contribution in [3.63, 3.8) is 0 Å². The van der Waals surface area contributed by atoms with E-state index >= 15 is 0 Å². The predicted octanol–water partition coefficient (Wildman–Crippen LogP) is 1.93. The number of nitrogens with one attached hydrogen (secondary N) is 1. The number of sulfone groups is 1. The highest BCUT2D eigenvalue weighted by molar-refractivity contribution is 7.99. The Morgan fingerprint density at radius 2 is 2.00 bits per heavy atom. The zero-order valence-corrected chi connectivity index (χ0v) is 12.5. The highest BCUT2D eigenvalue weighted by Crippen LogP contribution is 2.16. The smallest absolute Gasteiger partial charge is 0.147 e. The summed E-state index contributed by atoms with van der Waals surface area (Å²) in [4.78, 5) is 0. The van der Waals surface area contributed by atoms with E-state index in [0.29, 0.717) is 17.0 Å². The van der Waals surface area contributed by atoms with Gasteiger partial charge in [-0.05, 0) is 26.3 Å². The molecule has 0 aromatic heterocycles. The summed E-state index contributed by atoms with van der Waals surface area (Å²) in [6, 6.07) is 0.431. The molecule has 5 heteroatoms. The molecule has 2 unspecified atom stereocenters. The molecule has 0 aromatic carbocycles. The number of hydrogen-bond acceptors (Lipinski definition) is 4. The Hall–Kier alpha value is 0.260. The summed E-state index contributed by atoms with van der Waals surface area (Å²) >= 11 is 1.96. The van der Waals surface area contributed by atoms with E-state index in [1.807, 2.05) is 18.8 Å². The van der Waals surface area contributed by atoms with Gasteiger partial charge in [0.05, 0.1) is 0 Å². The maximum Gasteiger partial charge on any atom is 0.147 e. The van der Waals surface area contributed by atoms with Gasteiger partial charge in [0.2, 0.25) is 0 Å². The Kier molecular flexibility index (Phi) is 8.50. The van der Waals surface area contributed by atoms with Crippen LogP contribution in [0.3, 0.4) is 0 Å². The van der Waals surface area contributed by atoms with Crippen molar-refractivity contribution in [3.05, 3.63) is 0 Å². The summed E-state index contributed by atoms with van der Waals surface area (Å²) in [7, 11) is -0.852. The minimum Gasteiger partial charge on any atom is -0.316 e. The molecule has 2 atom stereocenters. The summed E-state index contributed by atoms with van der Waals surface area (Å²) < 4.78 is 22.0. The molecule has 0 saturated heterocycles. The van der Waals surface area contributed by atoms with Gasteiger partial charge in [-0.25, -0.2) is 8.42 Å². The number of hydrogen-bond donors (Lipinski definition) is 1. The summed E-state index contributed by atoms with van der Waals surface area (Å²) in [6.45, 7) is 4.42. The zero-order valence-electron chi connectivity index (χ0n) is 10.8. The van der Waals surface area contributed by atoms with E-state index in [2.05, 4.69) is 19.2 Å². The van der Waals surface area contributed by atoms with Crippen LogP contribution >= 0.6 is 11.8 Å². The van der Waals surface area contributed by atoms with Crippen molar-refractivity contribution in [1.82, 2.24) is 5.32 Å². The van der Waals surface area contributed by atoms with Crippen LogP contribution < -0.4 is 5.32 Å². The number of rotatable bonds is 9. The molecule has 0 aliphatic heterocycles. The lowest BCUT2D eigenvalue weighted by Gasteiger charge is -2.17. The third-order valence-electron chi connectivity index (χ3n) is 2.63. The first-order chi connectivity index (χ1) is 7.39. The van der Waals surface area contributed by atoms with Crippen molar-refractivity contribution in [2.75, 3.05) is 24.8 Å². The Morgan fingerprint density at radius 1 is 1.38 bits per heavy atom. The molecule has 0 fully saturated rings. The highest BCUT2D eigenvalue weighted by atomic mass is 32.2. The number of thioether (sulfide) groups is 1. The van der Waals surface area contributed by atoms with E-state index in [0.717, 1.165) is 18.6 Å². The monoisotopic (exact) mass is 267 g/mol. The molecule has 0 bridgehead atoms. The van der Waals surface area contributed by atoms with Crippen molar-refractivity contribution in [2.45, 2.75) is 44.4 Å². The molecule has 1 N–H and O–H groups in total. The molecule has 0 rings (SSSR count). The zero-order chi connectivity index (χ0) is 12.6. The maximum absolute atomic E-state index is 11.0. The van der Waals surface area contributed by atoms with Crippen LogP contribution in [0, 0.1) is 0 Å². The van der Waals surface area contributed by atoms with Gasteiger partial charge in [-0.2, -0.15) is 11.8 Å². The van der Waals surface area contributed by atoms with Crippen molar-refractivity contribution in [3.8, 4) is 0 Å². The van der Waals surface area contributed by atoms with Gasteiger partial charge in [0, 0.05) is 29.1 Å². The fourth-order valence-electron chi connectivity index (χ4n) is 1.30. The summed E-state index contributed by atoms with van der Waals surface area (Å²) in [5.74, 6) is 1.37. The molecule has 98 valence electrons. The van der Waals surface area contributed by atoms with Gasteiger partial charge in [-0.15, -0.1) is 0 Å². The third kappa shape index (κ3) is 9.48. The summed E-state index contributed by atoms with van der Waals surface area (Å²) in [6.07, 6.45) is 4.18. The van der Waals surface area contributed by atoms with Crippen LogP contribution in [-0.2, 0) is 9.84 Å². The largest absolute Gasteiger partial charge is 0.316 e. The SMILES string of the molecule is CCC(C)SCC(CCCS(C)(=O)=O)NC. The van der Waals surface area contributed by atoms with Crippen molar-refractivity contribution >= 4 is 21.6 Å². The van der Waals surface area contributed by atoms with Gasteiger partial charge in [0.15, 0.2) is 0 Å². The second kappa shape index (κ2) is 8.37. The van der Waals surface area contributed by atoms with Crippen LogP contribution in [0.4, 0.5) is 0 Å². The molecule has 0 aliphatic carbocycles. The van der Waals surface area contributed by atoms with E-state index in [1.54, 1.807) is 0 Å². The molecule has 16 heavy (non-hydrogen) atoms. The Morgan fingerprint density at radius 3 is 2.44 bits per heavy atom. The fourth-order valence-corrected chi connectivity index (χ4v) is 3.12. The lowest BCUT2D eigenvalue weighted by molar-refractivity contribution is 0.555. The van der Waals surface area contributed by atoms with Crippen LogP contribution in [0.1, 0.15) is 33.1 Å². The standard InChI is InChI=1S/C11H25NO2S2/c1-5-10(2)15-9-11(12-3)7-6-8-16(4,13)14/h10-12H,5-9H2,1-4H3. The van der Waals surface area contributed by atoms with Gasteiger partial charge in [-0.1, -0.05) is 13.8 Å². The molecular formula is C11H25NO2S2. The highest BCUT2D eigenvalue weighted by Gasteiger charge is 2.10. The van der Waals surface area contributed by atoms with E-state index < -0.39 is 9.84 Å². The molecule has 3 nitrogen and oxygen atoms in total. The average Bonchev–Trinajstić information content (AvgIpc) is 2.20. The summed E-state index contributed by atoms with van der Waals surface area (Å²) in [5.41, 5.74) is 0. The topological polar surface area (TPSA) is 46.2 Å². The molecule has 0 aliphatic rings. The van der Waals surface area contributed by atoms with E-state index in [4.69, 9.17) is 0 Å². The Labute approximate surface area is 105 Å². The first-order valence-electron chi connectivity index (χ1n) is 5.85. The van der Waals surface area contributed by atoms with Crippen molar-refractivity contribution < 1.29 is 8.42 Å². The minimum absolute atomic E-state index is 0.305. The quantitative estimate of drug-likeness (QED) is 0.693. The van der Waals surface area contributed by atoms with Crippen LogP contribution in [0.5, 0.6) is 0 Å². The van der Waals surface area contributed by atoms with Crippen LogP contribution in [0.25, 0.3) is 0 Å². The van der Waals surface area contributed by atoms with E-state index in [9.17, 15) is 8.42 Å². The fraction of sp³-hybridized carbons (Fsp3) is 1.00. The van der Waals surface area contributed by atoms with Gasteiger partial charge in [0.25, 0.3) is 0 Å². The Balaban J connectivity index is 3.75. The molecule has 0 amide bonds. The molecule has 0 aromatic rings. The molecule has 0 saturated carbocycles. The second-order valence-corrected chi connectivity index (χ2v) is 8.04. The van der Waals surface area contributed by atoms with Gasteiger partial charge in [-0.3, -0.25) is 0 Å². The third-order valence-corrected chi connectivity index (χ3v) is 5.16. The van der Waals surface area contributed by atoms with Crippen LogP contribution in [-0.4, -0.2) is 44.5 Å². The molecular weight excluding hydrogens is 242 g/mol. The van der Waals surface area contributed by atoms with Gasteiger partial charge >= 0.3 is 0 Å². The molecule has 0 radical (unpaired) electrons. The van der Waals surface area contributed by atoms with Crippen LogP contribution in [0.2, 0.25) is 0 Å². The molecule has 0 heterocycles. The van der Waals surface area contributed by atoms with E-state index in [-0.39, 0.29) is 0 Å². The average molecular weight is 267 g/mol. The van der Waals surface area contributed by atoms with Crippen molar-refractivity contribution in [1.29, 1.82) is 0 Å².